The van der Waals surface area contributed by atoms with Gasteiger partial charge in [-0.05, 0) is 64.4 Å². The highest BCUT2D eigenvalue weighted by Crippen LogP contribution is 2.47. The van der Waals surface area contributed by atoms with Crippen LogP contribution in [0.5, 0.6) is 0 Å². The molecule has 3 aliphatic heterocycles. The van der Waals surface area contributed by atoms with Crippen LogP contribution in [0.3, 0.4) is 0 Å². The molecule has 0 radical (unpaired) electrons. The van der Waals surface area contributed by atoms with Crippen LogP contribution in [0.2, 0.25) is 5.02 Å². The zero-order valence-corrected chi connectivity index (χ0v) is 20.2. The van der Waals surface area contributed by atoms with Crippen molar-refractivity contribution in [2.24, 2.45) is 10.4 Å². The normalized spacial score (nSPS) is 21.7. The monoisotopic (exact) mass is 466 g/mol. The van der Waals surface area contributed by atoms with Crippen LogP contribution in [0.4, 0.5) is 0 Å². The summed E-state index contributed by atoms with van der Waals surface area (Å²) in [5.41, 5.74) is 4.26. The number of halogens is 1. The molecular formula is C26H27ClN2O2S. The fraction of sp³-hybridized carbons (Fsp3) is 0.385. The van der Waals surface area contributed by atoms with E-state index in [1.807, 2.05) is 24.3 Å². The molecule has 1 fully saturated rings. The number of carbonyl (C=O) groups excluding carboxylic acids is 1. The second kappa shape index (κ2) is 8.05. The quantitative estimate of drug-likeness (QED) is 0.466. The van der Waals surface area contributed by atoms with Crippen molar-refractivity contribution in [1.29, 1.82) is 0 Å². The van der Waals surface area contributed by atoms with E-state index in [9.17, 15) is 4.79 Å². The van der Waals surface area contributed by atoms with Gasteiger partial charge in [-0.15, -0.1) is 0 Å². The Bertz CT molecular complexity index is 1120. The zero-order chi connectivity index (χ0) is 22.5. The first-order valence-electron chi connectivity index (χ1n) is 11.1. The first-order chi connectivity index (χ1) is 15.3. The van der Waals surface area contributed by atoms with E-state index in [2.05, 4.69) is 54.9 Å². The van der Waals surface area contributed by atoms with Crippen molar-refractivity contribution in [1.82, 2.24) is 4.90 Å². The molecule has 0 aromatic heterocycles. The molecule has 5 rings (SSSR count). The number of thioether (sulfide) groups is 1. The predicted octanol–water partition coefficient (Wildman–Crippen LogP) is 6.25. The Hall–Kier alpha value is -2.08. The minimum atomic E-state index is -0.204. The third-order valence-electron chi connectivity index (χ3n) is 6.55. The smallest absolute Gasteiger partial charge is 0.286 e. The number of fused-ring (bicyclic) bond motifs is 2. The molecule has 32 heavy (non-hydrogen) atoms. The molecule has 3 aliphatic rings. The maximum Gasteiger partial charge on any atom is 0.286 e. The van der Waals surface area contributed by atoms with Crippen LogP contribution in [0.1, 0.15) is 50.3 Å². The molecule has 0 N–H and O–H groups in total. The van der Waals surface area contributed by atoms with Crippen LogP contribution in [0, 0.1) is 5.41 Å². The largest absolute Gasteiger partial charge is 0.365 e. The van der Waals surface area contributed by atoms with Crippen molar-refractivity contribution >= 4 is 40.0 Å². The topological polar surface area (TPSA) is 41.9 Å². The van der Waals surface area contributed by atoms with Crippen molar-refractivity contribution in [3.05, 3.63) is 75.1 Å². The Morgan fingerprint density at radius 3 is 2.47 bits per heavy atom. The number of carbonyl (C=O) groups is 1. The zero-order valence-electron chi connectivity index (χ0n) is 18.7. The Labute approximate surface area is 198 Å². The van der Waals surface area contributed by atoms with Crippen LogP contribution in [-0.2, 0) is 21.7 Å². The second-order valence-corrected chi connectivity index (χ2v) is 11.1. The highest BCUT2D eigenvalue weighted by atomic mass is 35.5. The van der Waals surface area contributed by atoms with E-state index in [-0.39, 0.29) is 16.9 Å². The van der Waals surface area contributed by atoms with Crippen molar-refractivity contribution in [2.75, 3.05) is 13.1 Å². The summed E-state index contributed by atoms with van der Waals surface area (Å²) in [4.78, 5) is 20.5. The van der Waals surface area contributed by atoms with Gasteiger partial charge in [-0.3, -0.25) is 4.79 Å². The number of piperidine rings is 1. The van der Waals surface area contributed by atoms with Crippen LogP contribution in [-0.4, -0.2) is 29.1 Å². The van der Waals surface area contributed by atoms with Gasteiger partial charge in [0.15, 0.2) is 5.17 Å². The van der Waals surface area contributed by atoms with Crippen LogP contribution in [0.25, 0.3) is 5.57 Å². The molecule has 6 heteroatoms. The summed E-state index contributed by atoms with van der Waals surface area (Å²) < 4.78 is 6.30. The highest BCUT2D eigenvalue weighted by Gasteiger charge is 2.44. The van der Waals surface area contributed by atoms with E-state index in [0.717, 1.165) is 47.1 Å². The number of rotatable bonds is 1. The first-order valence-corrected chi connectivity index (χ1v) is 12.3. The van der Waals surface area contributed by atoms with Gasteiger partial charge < -0.3 is 9.64 Å². The van der Waals surface area contributed by atoms with Crippen LogP contribution >= 0.6 is 23.4 Å². The number of aliphatic imine (C=N–C) groups is 1. The number of amidine groups is 1. The molecule has 0 bridgehead atoms. The molecule has 1 saturated heterocycles. The Morgan fingerprint density at radius 2 is 1.78 bits per heavy atom. The summed E-state index contributed by atoms with van der Waals surface area (Å²) in [5.74, 6) is -0.146. The SMILES string of the molecule is CC(C)(C)C(=C1SC(N2CCC3(CC2)OCc2ccccc23)=NC1=O)c1ccc(Cl)cc1. The van der Waals surface area contributed by atoms with Gasteiger partial charge in [-0.1, -0.05) is 68.8 Å². The van der Waals surface area contributed by atoms with Crippen LogP contribution in [0.15, 0.2) is 58.4 Å². The van der Waals surface area contributed by atoms with Gasteiger partial charge in [-0.2, -0.15) is 4.99 Å². The van der Waals surface area contributed by atoms with Crippen molar-refractivity contribution < 1.29 is 9.53 Å². The van der Waals surface area contributed by atoms with Gasteiger partial charge in [0.25, 0.3) is 5.91 Å². The van der Waals surface area contributed by atoms with E-state index >= 15 is 0 Å². The van der Waals surface area contributed by atoms with Gasteiger partial charge >= 0.3 is 0 Å². The molecule has 0 aliphatic carbocycles. The van der Waals surface area contributed by atoms with E-state index < -0.39 is 0 Å². The molecule has 1 amide bonds. The molecule has 3 heterocycles. The summed E-state index contributed by atoms with van der Waals surface area (Å²) in [6.07, 6.45) is 1.81. The van der Waals surface area contributed by atoms with E-state index in [0.29, 0.717) is 11.6 Å². The Morgan fingerprint density at radius 1 is 1.09 bits per heavy atom. The number of benzene rings is 2. The third kappa shape index (κ3) is 3.81. The first kappa shape index (κ1) is 21.7. The Kier molecular flexibility index (Phi) is 5.47. The lowest BCUT2D eigenvalue weighted by Gasteiger charge is -2.39. The number of hydrogen-bond donors (Lipinski definition) is 0. The molecule has 1 spiro atoms. The number of ether oxygens (including phenoxy) is 1. The van der Waals surface area contributed by atoms with Crippen molar-refractivity contribution in [2.45, 2.75) is 45.8 Å². The second-order valence-electron chi connectivity index (χ2n) is 9.69. The number of likely N-dealkylation sites (tertiary alicyclic amines) is 1. The third-order valence-corrected chi connectivity index (χ3v) is 7.92. The summed E-state index contributed by atoms with van der Waals surface area (Å²) in [7, 11) is 0. The maximum atomic E-state index is 13.0. The molecule has 4 nitrogen and oxygen atoms in total. The molecule has 166 valence electrons. The molecule has 0 unspecified atom stereocenters. The standard InChI is InChI=1S/C26H27ClN2O2S/c1-25(2,3)21(17-8-10-19(27)11-9-17)22-23(30)28-24(32-22)29-14-12-26(13-15-29)20-7-5-4-6-18(20)16-31-26/h4-11H,12-16H2,1-3H3. The molecule has 0 atom stereocenters. The lowest BCUT2D eigenvalue weighted by atomic mass is 9.81. The molecule has 2 aromatic rings. The predicted molar refractivity (Wildman–Crippen MR) is 132 cm³/mol. The Balaban J connectivity index is 1.38. The minimum Gasteiger partial charge on any atom is -0.365 e. The van der Waals surface area contributed by atoms with Gasteiger partial charge in [-0.25, -0.2) is 0 Å². The molecular weight excluding hydrogens is 440 g/mol. The summed E-state index contributed by atoms with van der Waals surface area (Å²) >= 11 is 7.61. The van der Waals surface area contributed by atoms with Gasteiger partial charge in [0.05, 0.1) is 17.1 Å². The van der Waals surface area contributed by atoms with E-state index in [1.165, 1.54) is 22.9 Å². The average molecular weight is 467 g/mol. The van der Waals surface area contributed by atoms with Gasteiger partial charge in [0.2, 0.25) is 0 Å². The lowest BCUT2D eigenvalue weighted by molar-refractivity contribution is -0.113. The van der Waals surface area contributed by atoms with Crippen molar-refractivity contribution in [3.63, 3.8) is 0 Å². The van der Waals surface area contributed by atoms with Crippen molar-refractivity contribution in [3.8, 4) is 0 Å². The number of allylic oxidation sites excluding steroid dienone is 1. The van der Waals surface area contributed by atoms with Gasteiger partial charge in [0, 0.05) is 18.1 Å². The minimum absolute atomic E-state index is 0.146. The fourth-order valence-electron chi connectivity index (χ4n) is 4.97. The highest BCUT2D eigenvalue weighted by molar-refractivity contribution is 8.18. The lowest BCUT2D eigenvalue weighted by Crippen LogP contribution is -2.44. The van der Waals surface area contributed by atoms with E-state index in [1.54, 1.807) is 0 Å². The number of hydrogen-bond acceptors (Lipinski definition) is 4. The summed E-state index contributed by atoms with van der Waals surface area (Å²) in [5, 5.41) is 1.49. The number of amides is 1. The summed E-state index contributed by atoms with van der Waals surface area (Å²) in [6.45, 7) is 8.74. The van der Waals surface area contributed by atoms with Crippen LogP contribution < -0.4 is 0 Å². The van der Waals surface area contributed by atoms with Gasteiger partial charge in [0.1, 0.15) is 0 Å². The van der Waals surface area contributed by atoms with E-state index in [4.69, 9.17) is 16.3 Å². The fourth-order valence-corrected chi connectivity index (χ4v) is 6.37. The molecule has 0 saturated carbocycles. The molecule has 2 aromatic carbocycles. The average Bonchev–Trinajstić information content (AvgIpc) is 3.31. The maximum absolute atomic E-state index is 13.0. The number of nitrogens with zero attached hydrogens (tertiary/aromatic N) is 2. The summed E-state index contributed by atoms with van der Waals surface area (Å²) in [6, 6.07) is 16.3.